The maximum atomic E-state index is 10.2. The fourth-order valence-electron chi connectivity index (χ4n) is 5.60. The third-order valence-electron chi connectivity index (χ3n) is 7.39. The summed E-state index contributed by atoms with van der Waals surface area (Å²) in [6, 6.07) is 22.9. The van der Waals surface area contributed by atoms with Crippen molar-refractivity contribution < 1.29 is 5.11 Å². The highest BCUT2D eigenvalue weighted by atomic mass is 16.3. The normalized spacial score (nSPS) is 21.9. The first-order valence-electron chi connectivity index (χ1n) is 12.5. The van der Waals surface area contributed by atoms with Gasteiger partial charge in [0.25, 0.3) is 0 Å². The molecule has 1 saturated carbocycles. The van der Waals surface area contributed by atoms with Crippen LogP contribution in [0.2, 0.25) is 0 Å². The number of hydrogen-bond acceptors (Lipinski definition) is 5. The molecule has 6 rings (SSSR count). The van der Waals surface area contributed by atoms with E-state index in [1.807, 2.05) is 42.6 Å². The van der Waals surface area contributed by atoms with Crippen molar-refractivity contribution in [3.63, 3.8) is 0 Å². The number of pyridine rings is 1. The van der Waals surface area contributed by atoms with Crippen molar-refractivity contribution in [1.82, 2.24) is 19.6 Å². The highest BCUT2D eigenvalue weighted by Gasteiger charge is 2.49. The summed E-state index contributed by atoms with van der Waals surface area (Å²) in [4.78, 5) is 10.1. The third-order valence-corrected chi connectivity index (χ3v) is 7.39. The summed E-state index contributed by atoms with van der Waals surface area (Å²) in [5.74, 6) is 0.300. The fraction of sp³-hybridized carbons (Fsp3) is 0.300. The zero-order chi connectivity index (χ0) is 25.2. The Morgan fingerprint density at radius 3 is 2.28 bits per heavy atom. The Balaban J connectivity index is 1.56. The van der Waals surface area contributed by atoms with Gasteiger partial charge in [-0.1, -0.05) is 68.4 Å². The van der Waals surface area contributed by atoms with E-state index in [9.17, 15) is 5.11 Å². The number of fused-ring (bicyclic) bond motifs is 3. The second kappa shape index (κ2) is 7.95. The van der Waals surface area contributed by atoms with Gasteiger partial charge in [0.2, 0.25) is 0 Å². The standard InChI is InChI=1S/C30H31N5O/c1-18(2)25-15-26-32-19(3)23-14-24(20-8-6-5-7-9-20)27(33-28(23)35(26)34-25)21-10-12-22(13-11-21)30(31)16-29(4,36)17-30/h5-15,18,36H,16-17,31H2,1-4H3/t29-,30-. The zero-order valence-electron chi connectivity index (χ0n) is 21.2. The average Bonchev–Trinajstić information content (AvgIpc) is 3.27. The summed E-state index contributed by atoms with van der Waals surface area (Å²) < 4.78 is 1.87. The van der Waals surface area contributed by atoms with Crippen molar-refractivity contribution in [2.45, 2.75) is 57.6 Å². The molecule has 0 bridgehead atoms. The van der Waals surface area contributed by atoms with Crippen LogP contribution in [0.3, 0.4) is 0 Å². The van der Waals surface area contributed by atoms with Crippen LogP contribution in [0.5, 0.6) is 0 Å². The molecule has 5 aromatic rings. The van der Waals surface area contributed by atoms with Crippen LogP contribution >= 0.6 is 0 Å². The molecule has 1 fully saturated rings. The van der Waals surface area contributed by atoms with Gasteiger partial charge in [-0.25, -0.2) is 9.97 Å². The Morgan fingerprint density at radius 2 is 1.64 bits per heavy atom. The van der Waals surface area contributed by atoms with Gasteiger partial charge in [-0.2, -0.15) is 9.61 Å². The van der Waals surface area contributed by atoms with Crippen LogP contribution in [-0.2, 0) is 5.54 Å². The van der Waals surface area contributed by atoms with E-state index in [1.165, 1.54) is 0 Å². The highest BCUT2D eigenvalue weighted by Crippen LogP contribution is 2.46. The Morgan fingerprint density at radius 1 is 0.944 bits per heavy atom. The summed E-state index contributed by atoms with van der Waals surface area (Å²) in [6.07, 6.45) is 1.12. The molecule has 0 spiro atoms. The van der Waals surface area contributed by atoms with Gasteiger partial charge < -0.3 is 10.8 Å². The van der Waals surface area contributed by atoms with Crippen LogP contribution in [0.1, 0.15) is 56.5 Å². The van der Waals surface area contributed by atoms with Crippen LogP contribution < -0.4 is 5.73 Å². The third kappa shape index (κ3) is 3.69. The van der Waals surface area contributed by atoms with Gasteiger partial charge in [0.1, 0.15) is 0 Å². The maximum Gasteiger partial charge on any atom is 0.165 e. The Labute approximate surface area is 210 Å². The lowest BCUT2D eigenvalue weighted by Gasteiger charge is -2.49. The number of nitrogens with two attached hydrogens (primary N) is 1. The van der Waals surface area contributed by atoms with Gasteiger partial charge in [0, 0.05) is 28.1 Å². The second-order valence-corrected chi connectivity index (χ2v) is 10.9. The largest absolute Gasteiger partial charge is 0.390 e. The highest BCUT2D eigenvalue weighted by molar-refractivity contribution is 5.92. The fourth-order valence-corrected chi connectivity index (χ4v) is 5.60. The van der Waals surface area contributed by atoms with Crippen molar-refractivity contribution in [2.24, 2.45) is 5.73 Å². The van der Waals surface area contributed by atoms with Crippen LogP contribution in [0.25, 0.3) is 39.1 Å². The molecule has 0 amide bonds. The summed E-state index contributed by atoms with van der Waals surface area (Å²) in [5.41, 5.74) is 14.0. The molecular weight excluding hydrogens is 446 g/mol. The summed E-state index contributed by atoms with van der Waals surface area (Å²) in [6.45, 7) is 8.14. The Bertz CT molecular complexity index is 1590. The molecule has 36 heavy (non-hydrogen) atoms. The first-order valence-corrected chi connectivity index (χ1v) is 12.5. The van der Waals surface area contributed by atoms with Crippen molar-refractivity contribution in [1.29, 1.82) is 0 Å². The van der Waals surface area contributed by atoms with E-state index in [2.05, 4.69) is 56.3 Å². The van der Waals surface area contributed by atoms with Gasteiger partial charge in [0.15, 0.2) is 11.3 Å². The van der Waals surface area contributed by atoms with Gasteiger partial charge in [-0.05, 0) is 49.8 Å². The lowest BCUT2D eigenvalue weighted by Crippen LogP contribution is -2.58. The quantitative estimate of drug-likeness (QED) is 0.344. The van der Waals surface area contributed by atoms with Crippen molar-refractivity contribution in [3.05, 3.63) is 83.7 Å². The molecule has 0 atom stereocenters. The molecule has 0 radical (unpaired) electrons. The van der Waals surface area contributed by atoms with E-state index in [-0.39, 0.29) is 0 Å². The topological polar surface area (TPSA) is 89.3 Å². The van der Waals surface area contributed by atoms with E-state index >= 15 is 0 Å². The minimum Gasteiger partial charge on any atom is -0.390 e. The van der Waals surface area contributed by atoms with Crippen LogP contribution in [0, 0.1) is 6.92 Å². The summed E-state index contributed by atoms with van der Waals surface area (Å²) in [5, 5.41) is 16.1. The molecular formula is C30H31N5O. The number of nitrogens with zero attached hydrogens (tertiary/aromatic N) is 4. The number of benzene rings is 2. The van der Waals surface area contributed by atoms with E-state index in [0.717, 1.165) is 56.0 Å². The van der Waals surface area contributed by atoms with E-state index in [0.29, 0.717) is 18.8 Å². The number of hydrogen-bond donors (Lipinski definition) is 2. The summed E-state index contributed by atoms with van der Waals surface area (Å²) in [7, 11) is 0. The van der Waals surface area contributed by atoms with Crippen molar-refractivity contribution >= 4 is 16.7 Å². The monoisotopic (exact) mass is 477 g/mol. The van der Waals surface area contributed by atoms with Crippen LogP contribution in [-0.4, -0.2) is 30.3 Å². The first kappa shape index (κ1) is 22.8. The number of aryl methyl sites for hydroxylation is 1. The number of aliphatic hydroxyl groups is 1. The smallest absolute Gasteiger partial charge is 0.165 e. The minimum absolute atomic E-state index is 0.300. The van der Waals surface area contributed by atoms with Gasteiger partial charge in [0.05, 0.1) is 22.7 Å². The molecule has 3 N–H and O–H groups in total. The van der Waals surface area contributed by atoms with Crippen LogP contribution in [0.4, 0.5) is 0 Å². The van der Waals surface area contributed by atoms with E-state index in [1.54, 1.807) is 0 Å². The lowest BCUT2D eigenvalue weighted by atomic mass is 9.63. The molecule has 6 nitrogen and oxygen atoms in total. The molecule has 1 aliphatic rings. The summed E-state index contributed by atoms with van der Waals surface area (Å²) >= 11 is 0. The molecule has 2 aromatic carbocycles. The SMILES string of the molecule is Cc1nc2cc(C(C)C)nn2c2nc(-c3ccc([C@]4(N)C[C@](C)(O)C4)cc3)c(-c3ccccc3)cc12. The van der Waals surface area contributed by atoms with Crippen molar-refractivity contribution in [2.75, 3.05) is 0 Å². The Hall–Kier alpha value is -3.61. The number of aromatic nitrogens is 4. The zero-order valence-corrected chi connectivity index (χ0v) is 21.2. The lowest BCUT2D eigenvalue weighted by molar-refractivity contribution is -0.0738. The maximum absolute atomic E-state index is 10.2. The van der Waals surface area contributed by atoms with Gasteiger partial charge in [-0.3, -0.25) is 0 Å². The molecule has 0 aliphatic heterocycles. The molecule has 0 unspecified atom stereocenters. The molecule has 3 aromatic heterocycles. The first-order chi connectivity index (χ1) is 17.1. The number of rotatable bonds is 4. The Kier molecular flexibility index (Phi) is 5.04. The second-order valence-electron chi connectivity index (χ2n) is 10.9. The van der Waals surface area contributed by atoms with Crippen LogP contribution in [0.15, 0.2) is 66.7 Å². The molecule has 6 heteroatoms. The van der Waals surface area contributed by atoms with Crippen molar-refractivity contribution in [3.8, 4) is 22.4 Å². The van der Waals surface area contributed by atoms with E-state index < -0.39 is 11.1 Å². The van der Waals surface area contributed by atoms with Gasteiger partial charge in [-0.15, -0.1) is 0 Å². The predicted octanol–water partition coefficient (Wildman–Crippen LogP) is 5.74. The molecule has 1 aliphatic carbocycles. The predicted molar refractivity (Wildman–Crippen MR) is 144 cm³/mol. The molecule has 0 saturated heterocycles. The van der Waals surface area contributed by atoms with E-state index in [4.69, 9.17) is 20.8 Å². The minimum atomic E-state index is -0.691. The van der Waals surface area contributed by atoms with Gasteiger partial charge >= 0.3 is 0 Å². The molecule has 182 valence electrons. The average molecular weight is 478 g/mol. The molecule has 3 heterocycles.